The summed E-state index contributed by atoms with van der Waals surface area (Å²) >= 11 is 0. The predicted octanol–water partition coefficient (Wildman–Crippen LogP) is 1.95. The number of ether oxygens (including phenoxy) is 2. The third-order valence-electron chi connectivity index (χ3n) is 4.83. The lowest BCUT2D eigenvalue weighted by molar-refractivity contribution is -0.122. The van der Waals surface area contributed by atoms with Crippen LogP contribution in [0.2, 0.25) is 0 Å². The van der Waals surface area contributed by atoms with E-state index in [-0.39, 0.29) is 5.91 Å². The van der Waals surface area contributed by atoms with E-state index in [9.17, 15) is 4.79 Å². The van der Waals surface area contributed by atoms with Crippen LogP contribution in [0.15, 0.2) is 0 Å². The number of carbonyl (C=O) groups is 1. The van der Waals surface area contributed by atoms with E-state index >= 15 is 0 Å². The normalized spacial score (nSPS) is 23.0. The largest absolute Gasteiger partial charge is 0.379 e. The second-order valence-corrected chi connectivity index (χ2v) is 7.12. The fraction of sp³-hybridized carbons (Fsp3) is 0.947. The quantitative estimate of drug-likeness (QED) is 0.519. The molecule has 0 aromatic heterocycles. The zero-order valence-electron chi connectivity index (χ0n) is 15.8. The molecule has 2 unspecified atom stereocenters. The van der Waals surface area contributed by atoms with Gasteiger partial charge in [0.1, 0.15) is 0 Å². The second-order valence-electron chi connectivity index (χ2n) is 7.12. The van der Waals surface area contributed by atoms with Crippen LogP contribution in [-0.2, 0) is 14.3 Å². The van der Waals surface area contributed by atoms with Crippen molar-refractivity contribution in [2.24, 2.45) is 17.4 Å². The number of nitrogens with two attached hydrogens (primary N) is 2. The minimum absolute atomic E-state index is 0.0708. The lowest BCUT2D eigenvalue weighted by atomic mass is 9.94. The smallest absolute Gasteiger partial charge is 0.222 e. The van der Waals surface area contributed by atoms with Crippen LogP contribution in [0.5, 0.6) is 0 Å². The Morgan fingerprint density at radius 3 is 2.32 bits per heavy atom. The van der Waals surface area contributed by atoms with E-state index in [0.29, 0.717) is 51.4 Å². The fourth-order valence-electron chi connectivity index (χ4n) is 3.23. The monoisotopic (exact) mass is 357 g/mol. The van der Waals surface area contributed by atoms with Crippen LogP contribution in [0.3, 0.4) is 0 Å². The van der Waals surface area contributed by atoms with Gasteiger partial charge in [0.05, 0.1) is 26.4 Å². The van der Waals surface area contributed by atoms with Crippen molar-refractivity contribution >= 4 is 5.91 Å². The molecule has 1 amide bonds. The molecule has 0 aliphatic heterocycles. The summed E-state index contributed by atoms with van der Waals surface area (Å²) in [6.07, 6.45) is 11.4. The molecule has 1 fully saturated rings. The maximum absolute atomic E-state index is 12.0. The molecule has 1 aliphatic carbocycles. The van der Waals surface area contributed by atoms with E-state index < -0.39 is 0 Å². The highest BCUT2D eigenvalue weighted by molar-refractivity contribution is 5.75. The highest BCUT2D eigenvalue weighted by Crippen LogP contribution is 2.20. The average molecular weight is 358 g/mol. The Morgan fingerprint density at radius 2 is 1.56 bits per heavy atom. The summed E-state index contributed by atoms with van der Waals surface area (Å²) in [7, 11) is 0. The summed E-state index contributed by atoms with van der Waals surface area (Å²) in [5.74, 6) is 0.625. The molecule has 0 radical (unpaired) electrons. The van der Waals surface area contributed by atoms with Crippen LogP contribution < -0.4 is 16.8 Å². The highest BCUT2D eigenvalue weighted by atomic mass is 16.5. The Labute approximate surface area is 153 Å². The molecule has 25 heavy (non-hydrogen) atoms. The van der Waals surface area contributed by atoms with Crippen molar-refractivity contribution in [3.05, 3.63) is 0 Å². The number of nitrogens with one attached hydrogen (secondary N) is 1. The van der Waals surface area contributed by atoms with Crippen LogP contribution in [0.4, 0.5) is 0 Å². The van der Waals surface area contributed by atoms with E-state index in [1.165, 1.54) is 38.5 Å². The van der Waals surface area contributed by atoms with Crippen molar-refractivity contribution in [2.45, 2.75) is 70.3 Å². The molecular formula is C19H39N3O3. The van der Waals surface area contributed by atoms with Crippen molar-refractivity contribution in [2.75, 3.05) is 39.5 Å². The van der Waals surface area contributed by atoms with Crippen molar-refractivity contribution in [3.63, 3.8) is 0 Å². The van der Waals surface area contributed by atoms with E-state index in [1.807, 2.05) is 0 Å². The number of carbonyl (C=O) groups excluding carboxylic acids is 1. The Balaban J connectivity index is 2.12. The number of hydrogen-bond acceptors (Lipinski definition) is 5. The molecule has 0 aromatic carbocycles. The molecule has 1 aliphatic rings. The van der Waals surface area contributed by atoms with E-state index in [4.69, 9.17) is 20.9 Å². The van der Waals surface area contributed by atoms with Gasteiger partial charge in [-0.05, 0) is 31.6 Å². The minimum Gasteiger partial charge on any atom is -0.379 e. The van der Waals surface area contributed by atoms with Crippen LogP contribution in [0.1, 0.15) is 64.2 Å². The van der Waals surface area contributed by atoms with Gasteiger partial charge < -0.3 is 26.3 Å². The summed E-state index contributed by atoms with van der Waals surface area (Å²) in [6.45, 7) is 3.32. The summed E-state index contributed by atoms with van der Waals surface area (Å²) in [5, 5.41) is 3.07. The molecule has 2 atom stereocenters. The Hall–Kier alpha value is -0.690. The van der Waals surface area contributed by atoms with Crippen molar-refractivity contribution in [3.8, 4) is 0 Å². The van der Waals surface area contributed by atoms with Crippen LogP contribution in [-0.4, -0.2) is 51.5 Å². The highest BCUT2D eigenvalue weighted by Gasteiger charge is 2.14. The van der Waals surface area contributed by atoms with Gasteiger partial charge in [-0.25, -0.2) is 0 Å². The fourth-order valence-corrected chi connectivity index (χ4v) is 3.23. The van der Waals surface area contributed by atoms with Crippen molar-refractivity contribution < 1.29 is 14.3 Å². The van der Waals surface area contributed by atoms with Crippen LogP contribution in [0.25, 0.3) is 0 Å². The molecular weight excluding hydrogens is 318 g/mol. The first kappa shape index (κ1) is 22.4. The Bertz CT molecular complexity index is 329. The second kappa shape index (κ2) is 15.6. The summed E-state index contributed by atoms with van der Waals surface area (Å²) in [5.41, 5.74) is 11.5. The van der Waals surface area contributed by atoms with Crippen LogP contribution >= 0.6 is 0 Å². The molecule has 148 valence electrons. The van der Waals surface area contributed by atoms with Gasteiger partial charge in [-0.2, -0.15) is 0 Å². The molecule has 6 heteroatoms. The first-order valence-electron chi connectivity index (χ1n) is 10.1. The third-order valence-corrected chi connectivity index (χ3v) is 4.83. The van der Waals surface area contributed by atoms with Crippen LogP contribution in [0, 0.1) is 5.92 Å². The molecule has 1 saturated carbocycles. The molecule has 1 rings (SSSR count). The third kappa shape index (κ3) is 13.2. The molecule has 5 N–H and O–H groups in total. The molecule has 0 spiro atoms. The van der Waals surface area contributed by atoms with E-state index in [0.717, 1.165) is 25.8 Å². The lowest BCUT2D eigenvalue weighted by Gasteiger charge is -2.19. The molecule has 0 heterocycles. The molecule has 0 saturated heterocycles. The average Bonchev–Trinajstić information content (AvgIpc) is 2.65. The molecule has 0 aromatic rings. The number of amides is 1. The van der Waals surface area contributed by atoms with Crippen molar-refractivity contribution in [1.82, 2.24) is 5.32 Å². The first-order valence-corrected chi connectivity index (χ1v) is 10.1. The minimum atomic E-state index is 0.0708. The Morgan fingerprint density at radius 1 is 0.880 bits per heavy atom. The topological polar surface area (TPSA) is 99.6 Å². The lowest BCUT2D eigenvalue weighted by Crippen LogP contribution is -2.31. The number of rotatable bonds is 10. The van der Waals surface area contributed by atoms with E-state index in [1.54, 1.807) is 0 Å². The van der Waals surface area contributed by atoms with Gasteiger partial charge in [-0.3, -0.25) is 4.79 Å². The summed E-state index contributed by atoms with van der Waals surface area (Å²) < 4.78 is 10.6. The van der Waals surface area contributed by atoms with Gasteiger partial charge >= 0.3 is 0 Å². The molecule has 6 nitrogen and oxygen atoms in total. The first-order chi connectivity index (χ1) is 12.2. The van der Waals surface area contributed by atoms with Gasteiger partial charge in [0.15, 0.2) is 0 Å². The maximum atomic E-state index is 12.0. The molecule has 0 bridgehead atoms. The standard InChI is InChI=1S/C19H39N3O3/c20-11-13-25-15-14-24-12-10-19(23)22-16-17-6-4-2-1-3-5-7-18(21)9-8-17/h17-18H,1-16,20-21H2,(H,22,23). The zero-order valence-corrected chi connectivity index (χ0v) is 15.8. The van der Waals surface area contributed by atoms with Crippen molar-refractivity contribution in [1.29, 1.82) is 0 Å². The summed E-state index contributed by atoms with van der Waals surface area (Å²) in [4.78, 5) is 12.0. The van der Waals surface area contributed by atoms with Gasteiger partial charge in [0, 0.05) is 25.6 Å². The zero-order chi connectivity index (χ0) is 18.2. The van der Waals surface area contributed by atoms with Gasteiger partial charge in [-0.1, -0.05) is 32.1 Å². The van der Waals surface area contributed by atoms with Gasteiger partial charge in [0.25, 0.3) is 0 Å². The maximum Gasteiger partial charge on any atom is 0.222 e. The van der Waals surface area contributed by atoms with Gasteiger partial charge in [0.2, 0.25) is 5.91 Å². The predicted molar refractivity (Wildman–Crippen MR) is 101 cm³/mol. The van der Waals surface area contributed by atoms with E-state index in [2.05, 4.69) is 5.32 Å². The van der Waals surface area contributed by atoms with Gasteiger partial charge in [-0.15, -0.1) is 0 Å². The number of hydrogen-bond donors (Lipinski definition) is 3. The Kier molecular flexibility index (Phi) is 13.9. The SMILES string of the molecule is NCCOCCOCCC(=O)NCC1CCCCCCCC(N)CC1. The summed E-state index contributed by atoms with van der Waals surface area (Å²) in [6, 6.07) is 0.325.